The fourth-order valence-corrected chi connectivity index (χ4v) is 3.65. The van der Waals surface area contributed by atoms with Gasteiger partial charge in [0.2, 0.25) is 11.9 Å². The monoisotopic (exact) mass is 415 g/mol. The van der Waals surface area contributed by atoms with Crippen LogP contribution in [0.5, 0.6) is 0 Å². The zero-order valence-corrected chi connectivity index (χ0v) is 17.7. The van der Waals surface area contributed by atoms with Crippen LogP contribution in [0.15, 0.2) is 24.3 Å². The van der Waals surface area contributed by atoms with Crippen molar-refractivity contribution in [1.29, 1.82) is 0 Å². The number of hydrogen-bond donors (Lipinski definition) is 2. The molecule has 2 unspecified atom stereocenters. The van der Waals surface area contributed by atoms with Crippen LogP contribution in [-0.2, 0) is 11.3 Å². The lowest BCUT2D eigenvalue weighted by atomic mass is 10.1. The molecular formula is C19H31Cl2N5O. The lowest BCUT2D eigenvalue weighted by Gasteiger charge is -2.19. The predicted octanol–water partition coefficient (Wildman–Crippen LogP) is 3.29. The minimum atomic E-state index is 0. The third-order valence-corrected chi connectivity index (χ3v) is 5.27. The second kappa shape index (κ2) is 10.9. The summed E-state index contributed by atoms with van der Waals surface area (Å²) in [6.45, 7) is 8.12. The maximum absolute atomic E-state index is 12.6. The molecule has 152 valence electrons. The van der Waals surface area contributed by atoms with Gasteiger partial charge in [-0.2, -0.15) is 0 Å². The number of nitrogens with one attached hydrogen (secondary N) is 1. The van der Waals surface area contributed by atoms with Crippen molar-refractivity contribution < 1.29 is 4.79 Å². The van der Waals surface area contributed by atoms with Crippen LogP contribution in [-0.4, -0.2) is 46.0 Å². The highest BCUT2D eigenvalue weighted by Gasteiger charge is 2.28. The zero-order valence-electron chi connectivity index (χ0n) is 16.1. The number of para-hydroxylation sites is 2. The van der Waals surface area contributed by atoms with Crippen LogP contribution in [0.2, 0.25) is 0 Å². The molecule has 1 saturated carbocycles. The highest BCUT2D eigenvalue weighted by Crippen LogP contribution is 2.26. The fourth-order valence-electron chi connectivity index (χ4n) is 3.65. The SMILES string of the molecule is CCN(CC)CCn1c(NC(=O)C2CCC(N)C2)nc2ccccc21.Cl.Cl. The van der Waals surface area contributed by atoms with E-state index < -0.39 is 0 Å². The molecule has 0 radical (unpaired) electrons. The Morgan fingerprint density at radius 2 is 1.96 bits per heavy atom. The van der Waals surface area contributed by atoms with E-state index >= 15 is 0 Å². The minimum absolute atomic E-state index is 0. The average molecular weight is 416 g/mol. The first-order valence-corrected chi connectivity index (χ1v) is 9.36. The van der Waals surface area contributed by atoms with Crippen molar-refractivity contribution in [1.82, 2.24) is 14.5 Å². The number of benzene rings is 1. The number of hydrogen-bond acceptors (Lipinski definition) is 4. The summed E-state index contributed by atoms with van der Waals surface area (Å²) in [5.41, 5.74) is 7.93. The molecule has 0 bridgehead atoms. The molecule has 1 aromatic carbocycles. The first kappa shape index (κ1) is 23.7. The predicted molar refractivity (Wildman–Crippen MR) is 116 cm³/mol. The molecule has 2 atom stereocenters. The summed E-state index contributed by atoms with van der Waals surface area (Å²) >= 11 is 0. The molecule has 1 aliphatic rings. The van der Waals surface area contributed by atoms with E-state index in [1.165, 1.54) is 0 Å². The van der Waals surface area contributed by atoms with Crippen LogP contribution in [0.25, 0.3) is 11.0 Å². The number of halogens is 2. The number of aromatic nitrogens is 2. The summed E-state index contributed by atoms with van der Waals surface area (Å²) in [6.07, 6.45) is 2.56. The number of fused-ring (bicyclic) bond motifs is 1. The molecule has 2 aromatic rings. The Bertz CT molecular complexity index is 732. The van der Waals surface area contributed by atoms with Gasteiger partial charge in [0.1, 0.15) is 0 Å². The van der Waals surface area contributed by atoms with Gasteiger partial charge in [-0.15, -0.1) is 24.8 Å². The van der Waals surface area contributed by atoms with Gasteiger partial charge in [-0.25, -0.2) is 4.98 Å². The van der Waals surface area contributed by atoms with Crippen molar-refractivity contribution in [2.75, 3.05) is 25.0 Å². The van der Waals surface area contributed by atoms with Crippen LogP contribution in [0.3, 0.4) is 0 Å². The molecular weight excluding hydrogens is 385 g/mol. The first-order valence-electron chi connectivity index (χ1n) is 9.36. The van der Waals surface area contributed by atoms with Gasteiger partial charge in [0.05, 0.1) is 11.0 Å². The molecule has 1 heterocycles. The molecule has 3 rings (SSSR count). The first-order chi connectivity index (χ1) is 12.1. The van der Waals surface area contributed by atoms with Crippen molar-refractivity contribution in [3.8, 4) is 0 Å². The molecule has 0 spiro atoms. The Kier molecular flexibility index (Phi) is 9.53. The van der Waals surface area contributed by atoms with E-state index in [9.17, 15) is 4.79 Å². The van der Waals surface area contributed by atoms with Crippen LogP contribution in [0.4, 0.5) is 5.95 Å². The molecule has 0 saturated heterocycles. The smallest absolute Gasteiger partial charge is 0.229 e. The van der Waals surface area contributed by atoms with E-state index in [2.05, 4.69) is 39.7 Å². The van der Waals surface area contributed by atoms with Crippen LogP contribution >= 0.6 is 24.8 Å². The molecule has 8 heteroatoms. The number of imidazole rings is 1. The number of likely N-dealkylation sites (N-methyl/N-ethyl adjacent to an activating group) is 1. The van der Waals surface area contributed by atoms with Gasteiger partial charge in [0.15, 0.2) is 0 Å². The van der Waals surface area contributed by atoms with Gasteiger partial charge in [-0.3, -0.25) is 10.1 Å². The molecule has 1 fully saturated rings. The number of carbonyl (C=O) groups excluding carboxylic acids is 1. The lowest BCUT2D eigenvalue weighted by molar-refractivity contribution is -0.119. The molecule has 1 aromatic heterocycles. The third kappa shape index (κ3) is 5.57. The van der Waals surface area contributed by atoms with Gasteiger partial charge in [-0.05, 0) is 44.5 Å². The van der Waals surface area contributed by atoms with Gasteiger partial charge < -0.3 is 15.2 Å². The molecule has 27 heavy (non-hydrogen) atoms. The second-order valence-corrected chi connectivity index (χ2v) is 6.86. The number of nitrogens with two attached hydrogens (primary N) is 1. The maximum atomic E-state index is 12.6. The summed E-state index contributed by atoms with van der Waals surface area (Å²) in [4.78, 5) is 19.6. The van der Waals surface area contributed by atoms with Gasteiger partial charge >= 0.3 is 0 Å². The molecule has 6 nitrogen and oxygen atoms in total. The molecule has 1 aliphatic carbocycles. The Morgan fingerprint density at radius 1 is 1.26 bits per heavy atom. The molecule has 3 N–H and O–H groups in total. The van der Waals surface area contributed by atoms with E-state index in [1.54, 1.807) is 0 Å². The van der Waals surface area contributed by atoms with Crippen LogP contribution in [0.1, 0.15) is 33.1 Å². The van der Waals surface area contributed by atoms with Crippen molar-refractivity contribution in [3.63, 3.8) is 0 Å². The number of nitrogens with zero attached hydrogens (tertiary/aromatic N) is 3. The molecule has 0 aliphatic heterocycles. The Hall–Kier alpha value is -1.34. The van der Waals surface area contributed by atoms with Crippen molar-refractivity contribution in [2.24, 2.45) is 11.7 Å². The van der Waals surface area contributed by atoms with Gasteiger partial charge in [0, 0.05) is 25.0 Å². The van der Waals surface area contributed by atoms with Crippen molar-refractivity contribution in [2.45, 2.75) is 45.7 Å². The Morgan fingerprint density at radius 3 is 2.59 bits per heavy atom. The number of rotatable bonds is 7. The lowest BCUT2D eigenvalue weighted by Crippen LogP contribution is -2.28. The topological polar surface area (TPSA) is 76.2 Å². The number of anilines is 1. The zero-order chi connectivity index (χ0) is 17.8. The quantitative estimate of drug-likeness (QED) is 0.726. The number of carbonyl (C=O) groups is 1. The standard InChI is InChI=1S/C19H29N5O.2ClH/c1-3-23(4-2)11-12-24-17-8-6-5-7-16(17)21-19(24)22-18(25)14-9-10-15(20)13-14;;/h5-8,14-15H,3-4,9-13,20H2,1-2H3,(H,21,22,25);2*1H. The fraction of sp³-hybridized carbons (Fsp3) is 0.579. The summed E-state index contributed by atoms with van der Waals surface area (Å²) in [6, 6.07) is 8.19. The minimum Gasteiger partial charge on any atom is -0.328 e. The van der Waals surface area contributed by atoms with Crippen LogP contribution < -0.4 is 11.1 Å². The summed E-state index contributed by atoms with van der Waals surface area (Å²) in [5, 5.41) is 3.06. The van der Waals surface area contributed by atoms with Crippen LogP contribution in [0, 0.1) is 5.92 Å². The summed E-state index contributed by atoms with van der Waals surface area (Å²) < 4.78 is 2.13. The Balaban J connectivity index is 0.00000182. The van der Waals surface area contributed by atoms with Gasteiger partial charge in [-0.1, -0.05) is 26.0 Å². The average Bonchev–Trinajstić information content (AvgIpc) is 3.20. The highest BCUT2D eigenvalue weighted by molar-refractivity contribution is 5.93. The van der Waals surface area contributed by atoms with E-state index in [-0.39, 0.29) is 42.7 Å². The van der Waals surface area contributed by atoms with E-state index in [4.69, 9.17) is 5.73 Å². The summed E-state index contributed by atoms with van der Waals surface area (Å²) in [7, 11) is 0. The van der Waals surface area contributed by atoms with Crippen molar-refractivity contribution >= 4 is 47.7 Å². The maximum Gasteiger partial charge on any atom is 0.229 e. The Labute approximate surface area is 173 Å². The van der Waals surface area contributed by atoms with E-state index in [0.29, 0.717) is 5.95 Å². The second-order valence-electron chi connectivity index (χ2n) is 6.86. The largest absolute Gasteiger partial charge is 0.328 e. The highest BCUT2D eigenvalue weighted by atomic mass is 35.5. The van der Waals surface area contributed by atoms with E-state index in [1.807, 2.05) is 18.2 Å². The third-order valence-electron chi connectivity index (χ3n) is 5.27. The van der Waals surface area contributed by atoms with Crippen molar-refractivity contribution in [3.05, 3.63) is 24.3 Å². The van der Waals surface area contributed by atoms with E-state index in [0.717, 1.165) is 56.5 Å². The number of amides is 1. The normalized spacial score (nSPS) is 19.0. The molecule has 1 amide bonds. The van der Waals surface area contributed by atoms with Gasteiger partial charge in [0.25, 0.3) is 0 Å². The summed E-state index contributed by atoms with van der Waals surface area (Å²) in [5.74, 6) is 0.706.